The quantitative estimate of drug-likeness (QED) is 0.893. The molecular weight excluding hydrogens is 311 g/mol. The Kier molecular flexibility index (Phi) is 4.93. The summed E-state index contributed by atoms with van der Waals surface area (Å²) in [5, 5.41) is 2.61. The van der Waals surface area contributed by atoms with Crippen LogP contribution in [0.3, 0.4) is 0 Å². The number of hydrogen-bond donors (Lipinski definition) is 2. The van der Waals surface area contributed by atoms with Gasteiger partial charge in [-0.3, -0.25) is 4.79 Å². The molecule has 0 saturated heterocycles. The number of carbonyl (C=O) groups is 1. The van der Waals surface area contributed by atoms with Gasteiger partial charge in [-0.1, -0.05) is 28.8 Å². The molecule has 2 rings (SSSR count). The average Bonchev–Trinajstić information content (AvgIpc) is 2.36. The van der Waals surface area contributed by atoms with Gasteiger partial charge in [-0.15, -0.1) is 0 Å². The van der Waals surface area contributed by atoms with E-state index in [1.54, 1.807) is 12.1 Å². The van der Waals surface area contributed by atoms with Gasteiger partial charge in [0.15, 0.2) is 0 Å². The molecule has 104 valence electrons. The van der Waals surface area contributed by atoms with Crippen LogP contribution >= 0.6 is 15.9 Å². The van der Waals surface area contributed by atoms with Crippen molar-refractivity contribution in [1.29, 1.82) is 0 Å². The lowest BCUT2D eigenvalue weighted by atomic mass is 9.83. The van der Waals surface area contributed by atoms with Gasteiger partial charge in [0.2, 0.25) is 5.91 Å². The molecular formula is C14H18BrFN2O. The Morgan fingerprint density at radius 3 is 2.84 bits per heavy atom. The number of benzene rings is 1. The van der Waals surface area contributed by atoms with Crippen molar-refractivity contribution in [2.75, 3.05) is 5.32 Å². The molecule has 1 aliphatic carbocycles. The van der Waals surface area contributed by atoms with Crippen LogP contribution < -0.4 is 11.1 Å². The maximum Gasteiger partial charge on any atom is 0.224 e. The predicted molar refractivity (Wildman–Crippen MR) is 77.3 cm³/mol. The summed E-state index contributed by atoms with van der Waals surface area (Å²) in [6, 6.07) is 4.68. The van der Waals surface area contributed by atoms with Crippen molar-refractivity contribution in [1.82, 2.24) is 0 Å². The van der Waals surface area contributed by atoms with E-state index in [9.17, 15) is 9.18 Å². The van der Waals surface area contributed by atoms with Gasteiger partial charge in [-0.2, -0.15) is 0 Å². The lowest BCUT2D eigenvalue weighted by molar-refractivity contribution is -0.117. The number of carbonyl (C=O) groups excluding carboxylic acids is 1. The third-order valence-electron chi connectivity index (χ3n) is 3.62. The molecule has 0 spiro atoms. The molecule has 3 N–H and O–H groups in total. The lowest BCUT2D eigenvalue weighted by Crippen LogP contribution is -2.35. The van der Waals surface area contributed by atoms with Crippen molar-refractivity contribution in [3.63, 3.8) is 0 Å². The van der Waals surface area contributed by atoms with Gasteiger partial charge in [-0.25, -0.2) is 4.39 Å². The minimum Gasteiger partial charge on any atom is -0.327 e. The third-order valence-corrected chi connectivity index (χ3v) is 4.11. The van der Waals surface area contributed by atoms with E-state index >= 15 is 0 Å². The molecule has 0 heterocycles. The van der Waals surface area contributed by atoms with Crippen molar-refractivity contribution in [3.8, 4) is 0 Å². The Hall–Kier alpha value is -0.940. The van der Waals surface area contributed by atoms with E-state index in [-0.39, 0.29) is 23.6 Å². The largest absolute Gasteiger partial charge is 0.327 e. The van der Waals surface area contributed by atoms with E-state index in [2.05, 4.69) is 21.2 Å². The van der Waals surface area contributed by atoms with Crippen molar-refractivity contribution >= 4 is 27.5 Å². The third kappa shape index (κ3) is 4.01. The zero-order valence-electron chi connectivity index (χ0n) is 10.7. The highest BCUT2D eigenvalue weighted by atomic mass is 79.9. The van der Waals surface area contributed by atoms with Crippen LogP contribution in [0, 0.1) is 11.7 Å². The summed E-state index contributed by atoms with van der Waals surface area (Å²) < 4.78 is 14.2. The average molecular weight is 329 g/mol. The number of nitrogens with one attached hydrogen (secondary N) is 1. The van der Waals surface area contributed by atoms with Crippen molar-refractivity contribution < 1.29 is 9.18 Å². The van der Waals surface area contributed by atoms with Gasteiger partial charge in [0.25, 0.3) is 0 Å². The van der Waals surface area contributed by atoms with E-state index in [0.29, 0.717) is 10.9 Å². The molecule has 0 bridgehead atoms. The molecule has 0 radical (unpaired) electrons. The Labute approximate surface area is 120 Å². The standard InChI is InChI=1S/C14H18BrFN2O/c15-10-5-6-13(11(16)8-10)18-14(19)7-9-3-1-2-4-12(9)17/h5-6,8-9,12H,1-4,7,17H2,(H,18,19). The first-order valence-corrected chi connectivity index (χ1v) is 7.36. The van der Waals surface area contributed by atoms with Crippen LogP contribution in [-0.4, -0.2) is 11.9 Å². The van der Waals surface area contributed by atoms with Crippen LogP contribution in [-0.2, 0) is 4.79 Å². The van der Waals surface area contributed by atoms with Gasteiger partial charge in [0, 0.05) is 16.9 Å². The van der Waals surface area contributed by atoms with Gasteiger partial charge in [0.1, 0.15) is 5.82 Å². The molecule has 1 amide bonds. The number of hydrogen-bond acceptors (Lipinski definition) is 2. The molecule has 2 unspecified atom stereocenters. The summed E-state index contributed by atoms with van der Waals surface area (Å²) in [7, 11) is 0. The Morgan fingerprint density at radius 2 is 2.16 bits per heavy atom. The maximum atomic E-state index is 13.6. The molecule has 3 nitrogen and oxygen atoms in total. The summed E-state index contributed by atoms with van der Waals surface area (Å²) in [6.07, 6.45) is 4.59. The fourth-order valence-electron chi connectivity index (χ4n) is 2.52. The molecule has 1 aromatic rings. The SMILES string of the molecule is NC1CCCCC1CC(=O)Nc1ccc(Br)cc1F. The minimum absolute atomic E-state index is 0.0919. The fraction of sp³-hybridized carbons (Fsp3) is 0.500. The summed E-state index contributed by atoms with van der Waals surface area (Å²) in [5.41, 5.74) is 6.23. The summed E-state index contributed by atoms with van der Waals surface area (Å²) in [6.45, 7) is 0. The number of amides is 1. The predicted octanol–water partition coefficient (Wildman–Crippen LogP) is 3.43. The number of halogens is 2. The normalized spacial score (nSPS) is 23.1. The molecule has 1 fully saturated rings. The first kappa shape index (κ1) is 14.5. The second-order valence-corrected chi connectivity index (χ2v) is 6.00. The molecule has 19 heavy (non-hydrogen) atoms. The molecule has 0 aliphatic heterocycles. The summed E-state index contributed by atoms with van der Waals surface area (Å²) in [4.78, 5) is 11.9. The molecule has 0 aromatic heterocycles. The summed E-state index contributed by atoms with van der Waals surface area (Å²) >= 11 is 3.18. The Morgan fingerprint density at radius 1 is 1.42 bits per heavy atom. The van der Waals surface area contributed by atoms with E-state index in [1.165, 1.54) is 6.07 Å². The smallest absolute Gasteiger partial charge is 0.224 e. The van der Waals surface area contributed by atoms with Crippen LogP contribution in [0.4, 0.5) is 10.1 Å². The topological polar surface area (TPSA) is 55.1 Å². The van der Waals surface area contributed by atoms with Gasteiger partial charge >= 0.3 is 0 Å². The highest BCUT2D eigenvalue weighted by Crippen LogP contribution is 2.26. The van der Waals surface area contributed by atoms with E-state index in [0.717, 1.165) is 25.7 Å². The maximum absolute atomic E-state index is 13.6. The lowest BCUT2D eigenvalue weighted by Gasteiger charge is -2.27. The van der Waals surface area contributed by atoms with Gasteiger partial charge < -0.3 is 11.1 Å². The Balaban J connectivity index is 1.93. The number of rotatable bonds is 3. The van der Waals surface area contributed by atoms with E-state index in [1.807, 2.05) is 0 Å². The molecule has 5 heteroatoms. The highest BCUT2D eigenvalue weighted by Gasteiger charge is 2.24. The van der Waals surface area contributed by atoms with E-state index in [4.69, 9.17) is 5.73 Å². The minimum atomic E-state index is -0.435. The zero-order chi connectivity index (χ0) is 13.8. The zero-order valence-corrected chi connectivity index (χ0v) is 12.2. The number of anilines is 1. The fourth-order valence-corrected chi connectivity index (χ4v) is 2.85. The Bertz CT molecular complexity index is 467. The first-order valence-electron chi connectivity index (χ1n) is 6.57. The van der Waals surface area contributed by atoms with Crippen LogP contribution in [0.25, 0.3) is 0 Å². The van der Waals surface area contributed by atoms with Crippen LogP contribution in [0.15, 0.2) is 22.7 Å². The van der Waals surface area contributed by atoms with Crippen LogP contribution in [0.5, 0.6) is 0 Å². The van der Waals surface area contributed by atoms with Crippen molar-refractivity contribution in [3.05, 3.63) is 28.5 Å². The van der Waals surface area contributed by atoms with Crippen LogP contribution in [0.1, 0.15) is 32.1 Å². The second kappa shape index (κ2) is 6.48. The monoisotopic (exact) mass is 328 g/mol. The van der Waals surface area contributed by atoms with E-state index < -0.39 is 5.82 Å². The number of nitrogens with two attached hydrogens (primary N) is 1. The highest BCUT2D eigenvalue weighted by molar-refractivity contribution is 9.10. The molecule has 1 aliphatic rings. The van der Waals surface area contributed by atoms with Gasteiger partial charge in [-0.05, 0) is 37.0 Å². The van der Waals surface area contributed by atoms with Crippen molar-refractivity contribution in [2.24, 2.45) is 11.7 Å². The molecule has 2 atom stereocenters. The van der Waals surface area contributed by atoms with Crippen molar-refractivity contribution in [2.45, 2.75) is 38.1 Å². The molecule has 1 saturated carbocycles. The summed E-state index contributed by atoms with van der Waals surface area (Å²) in [5.74, 6) is -0.383. The second-order valence-electron chi connectivity index (χ2n) is 5.08. The molecule has 1 aromatic carbocycles. The first-order chi connectivity index (χ1) is 9.06. The van der Waals surface area contributed by atoms with Crippen LogP contribution in [0.2, 0.25) is 0 Å². The van der Waals surface area contributed by atoms with Gasteiger partial charge in [0.05, 0.1) is 5.69 Å².